The van der Waals surface area contributed by atoms with E-state index in [9.17, 15) is 8.42 Å². The summed E-state index contributed by atoms with van der Waals surface area (Å²) in [5, 5.41) is 0. The predicted octanol–water partition coefficient (Wildman–Crippen LogP) is 2.20. The van der Waals surface area contributed by atoms with Crippen molar-refractivity contribution in [1.29, 1.82) is 0 Å². The number of benzene rings is 1. The normalized spacial score (nSPS) is 11.7. The fourth-order valence-corrected chi connectivity index (χ4v) is 3.56. The van der Waals surface area contributed by atoms with Gasteiger partial charge in [0.2, 0.25) is 0 Å². The summed E-state index contributed by atoms with van der Waals surface area (Å²) in [6.45, 7) is 1.79. The van der Waals surface area contributed by atoms with Crippen LogP contribution in [0.4, 0.5) is 5.82 Å². The number of hydrogen-bond donors (Lipinski definition) is 1. The Kier molecular flexibility index (Phi) is 3.11. The zero-order valence-corrected chi connectivity index (χ0v) is 12.1. The molecule has 0 unspecified atom stereocenters. The Morgan fingerprint density at radius 3 is 2.70 bits per heavy atom. The Balaban J connectivity index is 2.06. The molecular weight excluding hydrogens is 296 g/mol. The minimum Gasteiger partial charge on any atom is -0.263 e. The number of aryl methyl sites for hydroxylation is 1. The third kappa shape index (κ3) is 2.35. The molecule has 3 aromatic rings. The van der Waals surface area contributed by atoms with Gasteiger partial charge in [-0.05, 0) is 31.2 Å². The van der Waals surface area contributed by atoms with E-state index in [1.807, 2.05) is 0 Å². The molecule has 6 nitrogen and oxygen atoms in total. The van der Waals surface area contributed by atoms with Crippen LogP contribution in [0.1, 0.15) is 5.69 Å². The van der Waals surface area contributed by atoms with E-state index in [-0.39, 0.29) is 10.7 Å². The summed E-state index contributed by atoms with van der Waals surface area (Å²) in [6.07, 6.45) is 0. The standard InChI is InChI=1S/C12H10N4O2S2/c1-8-4-2-7-11(13-8)16-20(17,18)10-6-3-5-9-12(10)15-19-14-9/h2-7H,1H3,(H,13,16). The Morgan fingerprint density at radius 2 is 1.90 bits per heavy atom. The number of rotatable bonds is 3. The molecule has 0 atom stereocenters. The van der Waals surface area contributed by atoms with E-state index in [4.69, 9.17) is 0 Å². The van der Waals surface area contributed by atoms with Crippen LogP contribution in [-0.2, 0) is 10.0 Å². The van der Waals surface area contributed by atoms with Gasteiger partial charge >= 0.3 is 0 Å². The van der Waals surface area contributed by atoms with E-state index in [2.05, 4.69) is 18.5 Å². The van der Waals surface area contributed by atoms with Crippen LogP contribution in [-0.4, -0.2) is 22.1 Å². The number of sulfonamides is 1. The zero-order valence-electron chi connectivity index (χ0n) is 10.4. The highest BCUT2D eigenvalue weighted by Gasteiger charge is 2.20. The number of fused-ring (bicyclic) bond motifs is 1. The van der Waals surface area contributed by atoms with Crippen molar-refractivity contribution in [1.82, 2.24) is 13.7 Å². The van der Waals surface area contributed by atoms with Crippen LogP contribution in [0, 0.1) is 6.92 Å². The predicted molar refractivity (Wildman–Crippen MR) is 77.2 cm³/mol. The Labute approximate surface area is 119 Å². The molecule has 0 saturated carbocycles. The molecule has 2 aromatic heterocycles. The van der Waals surface area contributed by atoms with Gasteiger partial charge < -0.3 is 0 Å². The molecule has 20 heavy (non-hydrogen) atoms. The Hall–Kier alpha value is -2.06. The minimum atomic E-state index is -3.73. The van der Waals surface area contributed by atoms with E-state index in [1.54, 1.807) is 37.3 Å². The summed E-state index contributed by atoms with van der Waals surface area (Å²) in [5.41, 5.74) is 1.67. The van der Waals surface area contributed by atoms with Gasteiger partial charge in [-0.2, -0.15) is 8.75 Å². The maximum absolute atomic E-state index is 12.4. The number of pyridine rings is 1. The number of hydrogen-bond acceptors (Lipinski definition) is 6. The van der Waals surface area contributed by atoms with Gasteiger partial charge in [-0.3, -0.25) is 4.72 Å². The van der Waals surface area contributed by atoms with Crippen LogP contribution in [0.3, 0.4) is 0 Å². The van der Waals surface area contributed by atoms with Gasteiger partial charge in [-0.25, -0.2) is 13.4 Å². The van der Waals surface area contributed by atoms with E-state index in [1.165, 1.54) is 6.07 Å². The molecule has 3 rings (SSSR count). The highest BCUT2D eigenvalue weighted by Crippen LogP contribution is 2.22. The number of aromatic nitrogens is 3. The fourth-order valence-electron chi connectivity index (χ4n) is 1.79. The first-order chi connectivity index (χ1) is 9.56. The quantitative estimate of drug-likeness (QED) is 0.802. The molecule has 0 aliphatic heterocycles. The van der Waals surface area contributed by atoms with Gasteiger partial charge in [0.1, 0.15) is 21.7 Å². The number of anilines is 1. The molecule has 1 aromatic carbocycles. The minimum absolute atomic E-state index is 0.104. The fraction of sp³-hybridized carbons (Fsp3) is 0.0833. The van der Waals surface area contributed by atoms with Crippen molar-refractivity contribution < 1.29 is 8.42 Å². The van der Waals surface area contributed by atoms with Crippen molar-refractivity contribution in [2.24, 2.45) is 0 Å². The molecule has 8 heteroatoms. The molecule has 0 aliphatic rings. The summed E-state index contributed by atoms with van der Waals surface area (Å²) in [5.74, 6) is 0.283. The second-order valence-electron chi connectivity index (χ2n) is 4.16. The Bertz CT molecular complexity index is 874. The molecule has 0 saturated heterocycles. The molecule has 0 aliphatic carbocycles. The van der Waals surface area contributed by atoms with E-state index in [0.717, 1.165) is 17.4 Å². The highest BCUT2D eigenvalue weighted by molar-refractivity contribution is 7.93. The monoisotopic (exact) mass is 306 g/mol. The summed E-state index contributed by atoms with van der Waals surface area (Å²) in [6, 6.07) is 10.0. The van der Waals surface area contributed by atoms with Gasteiger partial charge in [0.25, 0.3) is 10.0 Å². The van der Waals surface area contributed by atoms with Gasteiger partial charge in [0.15, 0.2) is 0 Å². The molecule has 0 radical (unpaired) electrons. The molecule has 0 amide bonds. The lowest BCUT2D eigenvalue weighted by atomic mass is 10.3. The average molecular weight is 306 g/mol. The Morgan fingerprint density at radius 1 is 1.10 bits per heavy atom. The van der Waals surface area contributed by atoms with E-state index >= 15 is 0 Å². The van der Waals surface area contributed by atoms with E-state index in [0.29, 0.717) is 11.0 Å². The van der Waals surface area contributed by atoms with Gasteiger partial charge in [0, 0.05) is 5.69 Å². The first kappa shape index (κ1) is 12.9. The lowest BCUT2D eigenvalue weighted by molar-refractivity contribution is 0.601. The van der Waals surface area contributed by atoms with Crippen LogP contribution < -0.4 is 4.72 Å². The van der Waals surface area contributed by atoms with Crippen LogP contribution in [0.25, 0.3) is 11.0 Å². The second-order valence-corrected chi connectivity index (χ2v) is 6.34. The maximum atomic E-state index is 12.4. The number of nitrogens with one attached hydrogen (secondary N) is 1. The first-order valence-corrected chi connectivity index (χ1v) is 7.95. The molecule has 0 fully saturated rings. The largest absolute Gasteiger partial charge is 0.265 e. The highest BCUT2D eigenvalue weighted by atomic mass is 32.2. The van der Waals surface area contributed by atoms with Crippen molar-refractivity contribution >= 4 is 38.6 Å². The first-order valence-electron chi connectivity index (χ1n) is 5.74. The third-order valence-electron chi connectivity index (χ3n) is 2.67. The smallest absolute Gasteiger partial charge is 0.263 e. The molecule has 1 N–H and O–H groups in total. The van der Waals surface area contributed by atoms with Crippen molar-refractivity contribution in [3.05, 3.63) is 42.1 Å². The van der Waals surface area contributed by atoms with Crippen molar-refractivity contribution in [2.45, 2.75) is 11.8 Å². The maximum Gasteiger partial charge on any atom is 0.265 e. The molecule has 0 spiro atoms. The van der Waals surface area contributed by atoms with Gasteiger partial charge in [-0.1, -0.05) is 12.1 Å². The van der Waals surface area contributed by atoms with Crippen LogP contribution in [0.2, 0.25) is 0 Å². The molecule has 2 heterocycles. The van der Waals surface area contributed by atoms with Crippen LogP contribution >= 0.6 is 11.7 Å². The molecular formula is C12H10N4O2S2. The summed E-state index contributed by atoms with van der Waals surface area (Å²) >= 11 is 0.984. The number of nitrogens with zero attached hydrogens (tertiary/aromatic N) is 3. The third-order valence-corrected chi connectivity index (χ3v) is 4.59. The van der Waals surface area contributed by atoms with Crippen LogP contribution in [0.15, 0.2) is 41.3 Å². The van der Waals surface area contributed by atoms with E-state index < -0.39 is 10.0 Å². The topological polar surface area (TPSA) is 84.8 Å². The van der Waals surface area contributed by atoms with Gasteiger partial charge in [-0.15, -0.1) is 0 Å². The van der Waals surface area contributed by atoms with Gasteiger partial charge in [0.05, 0.1) is 11.7 Å². The van der Waals surface area contributed by atoms with Crippen molar-refractivity contribution in [3.8, 4) is 0 Å². The SMILES string of the molecule is Cc1cccc(NS(=O)(=O)c2cccc3nsnc23)n1. The second kappa shape index (κ2) is 4.80. The summed E-state index contributed by atoms with van der Waals surface area (Å²) < 4.78 is 35.3. The summed E-state index contributed by atoms with van der Waals surface area (Å²) in [4.78, 5) is 4.23. The zero-order chi connectivity index (χ0) is 14.2. The average Bonchev–Trinajstić information content (AvgIpc) is 2.85. The van der Waals surface area contributed by atoms with Crippen molar-refractivity contribution in [3.63, 3.8) is 0 Å². The molecule has 0 bridgehead atoms. The summed E-state index contributed by atoms with van der Waals surface area (Å²) in [7, 11) is -3.73. The molecule has 102 valence electrons. The lowest BCUT2D eigenvalue weighted by Gasteiger charge is -2.07. The van der Waals surface area contributed by atoms with Crippen LogP contribution in [0.5, 0.6) is 0 Å². The van der Waals surface area contributed by atoms with Crippen molar-refractivity contribution in [2.75, 3.05) is 4.72 Å². The lowest BCUT2D eigenvalue weighted by Crippen LogP contribution is -2.14.